The van der Waals surface area contributed by atoms with Gasteiger partial charge in [0.1, 0.15) is 0 Å². The average molecular weight is 519 g/mol. The molecule has 0 saturated carbocycles. The van der Waals surface area contributed by atoms with Gasteiger partial charge in [0, 0.05) is 34.7 Å². The quantitative estimate of drug-likeness (QED) is 0.192. The molecule has 0 fully saturated rings. The maximum absolute atomic E-state index is 11.2. The predicted octanol–water partition coefficient (Wildman–Crippen LogP) is 6.81. The lowest BCUT2D eigenvalue weighted by Crippen LogP contribution is -2.44. The molecule has 2 aromatic carbocycles. The van der Waals surface area contributed by atoms with Crippen LogP contribution in [0.2, 0.25) is 0 Å². The van der Waals surface area contributed by atoms with E-state index in [1.807, 2.05) is 18.2 Å². The minimum Gasteiger partial charge on any atom is -0.504 e. The van der Waals surface area contributed by atoms with Crippen LogP contribution < -0.4 is 0 Å². The highest BCUT2D eigenvalue weighted by molar-refractivity contribution is 5.79. The molecule has 0 amide bonds. The molecule has 5 heteroatoms. The van der Waals surface area contributed by atoms with Crippen molar-refractivity contribution in [1.82, 2.24) is 9.88 Å². The van der Waals surface area contributed by atoms with Crippen molar-refractivity contribution in [2.45, 2.75) is 96.4 Å². The molecule has 0 bridgehead atoms. The van der Waals surface area contributed by atoms with Gasteiger partial charge in [-0.2, -0.15) is 0 Å². The second kappa shape index (κ2) is 12.9. The maximum Gasteiger partial charge on any atom is 0.161 e. The van der Waals surface area contributed by atoms with E-state index in [0.29, 0.717) is 19.1 Å². The van der Waals surface area contributed by atoms with E-state index in [1.165, 1.54) is 25.7 Å². The number of aliphatic hydroxyl groups is 1. The number of para-hydroxylation sites is 1. The Labute approximate surface area is 228 Å². The summed E-state index contributed by atoms with van der Waals surface area (Å²) in [5, 5.41) is 31.9. The number of aromatic hydroxyl groups is 2. The summed E-state index contributed by atoms with van der Waals surface area (Å²) in [5.74, 6) is -0.000492. The fourth-order valence-corrected chi connectivity index (χ4v) is 6.36. The lowest BCUT2D eigenvalue weighted by molar-refractivity contribution is 0.158. The Hall–Kier alpha value is -2.63. The third-order valence-corrected chi connectivity index (χ3v) is 8.67. The lowest BCUT2D eigenvalue weighted by atomic mass is 9.70. The van der Waals surface area contributed by atoms with Gasteiger partial charge >= 0.3 is 0 Å². The van der Waals surface area contributed by atoms with Crippen LogP contribution in [0.4, 0.5) is 0 Å². The minimum absolute atomic E-state index is 0.0367. The van der Waals surface area contributed by atoms with Gasteiger partial charge < -0.3 is 20.2 Å². The van der Waals surface area contributed by atoms with Crippen molar-refractivity contribution in [2.24, 2.45) is 0 Å². The number of hydrogen-bond acceptors (Lipinski definition) is 5. The van der Waals surface area contributed by atoms with Crippen molar-refractivity contribution < 1.29 is 15.3 Å². The fourth-order valence-electron chi connectivity index (χ4n) is 6.36. The zero-order chi connectivity index (χ0) is 27.1. The molecule has 38 heavy (non-hydrogen) atoms. The second-order valence-electron chi connectivity index (χ2n) is 11.5. The number of aromatic nitrogens is 1. The minimum atomic E-state index is -0.361. The number of hydrogen-bond donors (Lipinski definition) is 3. The van der Waals surface area contributed by atoms with Crippen LogP contribution in [0.1, 0.15) is 87.6 Å². The van der Waals surface area contributed by atoms with Crippen molar-refractivity contribution in [3.8, 4) is 11.5 Å². The summed E-state index contributed by atoms with van der Waals surface area (Å²) in [6, 6.07) is 14.5. The first kappa shape index (κ1) is 28.4. The van der Waals surface area contributed by atoms with Gasteiger partial charge in [-0.3, -0.25) is 4.98 Å². The van der Waals surface area contributed by atoms with Gasteiger partial charge in [0.25, 0.3) is 0 Å². The largest absolute Gasteiger partial charge is 0.504 e. The first-order chi connectivity index (χ1) is 18.4. The van der Waals surface area contributed by atoms with E-state index in [1.54, 1.807) is 6.07 Å². The zero-order valence-corrected chi connectivity index (χ0v) is 23.5. The van der Waals surface area contributed by atoms with Gasteiger partial charge in [-0.25, -0.2) is 0 Å². The van der Waals surface area contributed by atoms with E-state index in [-0.39, 0.29) is 16.9 Å². The van der Waals surface area contributed by atoms with Crippen LogP contribution in [0.5, 0.6) is 11.5 Å². The van der Waals surface area contributed by atoms with Crippen LogP contribution in [0.3, 0.4) is 0 Å². The monoisotopic (exact) mass is 518 g/mol. The van der Waals surface area contributed by atoms with Gasteiger partial charge in [0.15, 0.2) is 11.5 Å². The van der Waals surface area contributed by atoms with Crippen LogP contribution in [0.25, 0.3) is 10.9 Å². The number of benzene rings is 2. The molecule has 0 spiro atoms. The summed E-state index contributed by atoms with van der Waals surface area (Å²) >= 11 is 0. The number of rotatable bonds is 11. The van der Waals surface area contributed by atoms with Crippen LogP contribution in [-0.4, -0.2) is 50.9 Å². The van der Waals surface area contributed by atoms with Gasteiger partial charge in [-0.15, -0.1) is 0 Å². The summed E-state index contributed by atoms with van der Waals surface area (Å²) in [6.45, 7) is 8.97. The van der Waals surface area contributed by atoms with Crippen LogP contribution in [0.15, 0.2) is 42.5 Å². The predicted molar refractivity (Wildman–Crippen MR) is 156 cm³/mol. The number of nitrogens with zero attached hydrogens (tertiary/aromatic N) is 2. The standard InChI is InChI=1S/C33H46N2O3/c1-4-27-22-26-15-16-30(37)32(38)31(26)33(3,17-19-35(27)18-11-7-5-6-8-12-20-36)23-29-24(2)21-25-13-9-10-14-28(25)34-29/h9-10,13-16,21,27,36-38H,4-8,11-12,17-20,22-23H2,1-3H3. The third-order valence-electron chi connectivity index (χ3n) is 8.67. The van der Waals surface area contributed by atoms with E-state index in [0.717, 1.165) is 78.5 Å². The van der Waals surface area contributed by atoms with Crippen molar-refractivity contribution in [1.29, 1.82) is 0 Å². The van der Waals surface area contributed by atoms with E-state index in [2.05, 4.69) is 43.9 Å². The van der Waals surface area contributed by atoms with E-state index in [4.69, 9.17) is 10.1 Å². The number of aryl methyl sites for hydroxylation is 1. The number of pyridine rings is 1. The van der Waals surface area contributed by atoms with Gasteiger partial charge in [-0.1, -0.05) is 63.8 Å². The normalized spacial score (nSPS) is 20.3. The SMILES string of the molecule is CCC1Cc2ccc(O)c(O)c2C(C)(Cc2nc3ccccc3cc2C)CCN1CCCCCCCCO. The first-order valence-corrected chi connectivity index (χ1v) is 14.6. The van der Waals surface area contributed by atoms with Gasteiger partial charge in [0.2, 0.25) is 0 Å². The molecule has 206 valence electrons. The molecule has 0 saturated heterocycles. The molecule has 2 heterocycles. The molecular formula is C33H46N2O3. The summed E-state index contributed by atoms with van der Waals surface area (Å²) < 4.78 is 0. The second-order valence-corrected chi connectivity index (χ2v) is 11.5. The third kappa shape index (κ3) is 6.50. The van der Waals surface area contributed by atoms with Crippen LogP contribution >= 0.6 is 0 Å². The fraction of sp³-hybridized carbons (Fsp3) is 0.545. The van der Waals surface area contributed by atoms with Crippen molar-refractivity contribution in [3.05, 3.63) is 64.8 Å². The van der Waals surface area contributed by atoms with Crippen molar-refractivity contribution in [2.75, 3.05) is 19.7 Å². The molecule has 3 N–H and O–H groups in total. The van der Waals surface area contributed by atoms with E-state index >= 15 is 0 Å². The highest BCUT2D eigenvalue weighted by atomic mass is 16.3. The molecule has 2 unspecified atom stereocenters. The summed E-state index contributed by atoms with van der Waals surface area (Å²) in [4.78, 5) is 7.73. The molecule has 4 rings (SSSR count). The Kier molecular flexibility index (Phi) is 9.67. The molecule has 3 aromatic rings. The Morgan fingerprint density at radius 3 is 2.50 bits per heavy atom. The van der Waals surface area contributed by atoms with Crippen LogP contribution in [0, 0.1) is 6.92 Å². The molecular weight excluding hydrogens is 472 g/mol. The molecule has 1 aliphatic heterocycles. The van der Waals surface area contributed by atoms with Crippen LogP contribution in [-0.2, 0) is 18.3 Å². The first-order valence-electron chi connectivity index (χ1n) is 14.6. The number of phenols is 2. The topological polar surface area (TPSA) is 76.8 Å². The molecule has 5 nitrogen and oxygen atoms in total. The Bertz CT molecular complexity index is 1210. The van der Waals surface area contributed by atoms with Gasteiger partial charge in [-0.05, 0) is 87.9 Å². The summed E-state index contributed by atoms with van der Waals surface area (Å²) in [6.07, 6.45) is 10.4. The molecule has 1 aliphatic rings. The number of fused-ring (bicyclic) bond motifs is 2. The Balaban J connectivity index is 1.61. The summed E-state index contributed by atoms with van der Waals surface area (Å²) in [7, 11) is 0. The van der Waals surface area contributed by atoms with Gasteiger partial charge in [0.05, 0.1) is 5.52 Å². The van der Waals surface area contributed by atoms with Crippen molar-refractivity contribution in [3.63, 3.8) is 0 Å². The smallest absolute Gasteiger partial charge is 0.161 e. The van der Waals surface area contributed by atoms with E-state index in [9.17, 15) is 10.2 Å². The molecule has 1 aromatic heterocycles. The Morgan fingerprint density at radius 2 is 1.74 bits per heavy atom. The number of unbranched alkanes of at least 4 members (excludes halogenated alkanes) is 5. The molecule has 0 aliphatic carbocycles. The highest BCUT2D eigenvalue weighted by Crippen LogP contribution is 2.45. The summed E-state index contributed by atoms with van der Waals surface area (Å²) in [5.41, 5.74) is 4.89. The number of phenolic OH excluding ortho intramolecular Hbond substituents is 2. The van der Waals surface area contributed by atoms with Crippen molar-refractivity contribution >= 4 is 10.9 Å². The maximum atomic E-state index is 11.2. The van der Waals surface area contributed by atoms with E-state index < -0.39 is 0 Å². The Morgan fingerprint density at radius 1 is 1.00 bits per heavy atom. The average Bonchev–Trinajstić information content (AvgIpc) is 2.90. The molecule has 0 radical (unpaired) electrons. The lowest BCUT2D eigenvalue weighted by Gasteiger charge is -2.41. The highest BCUT2D eigenvalue weighted by Gasteiger charge is 2.37. The molecule has 2 atom stereocenters. The number of aliphatic hydroxyl groups excluding tert-OH is 1. The zero-order valence-electron chi connectivity index (χ0n) is 23.5.